The molecule has 9 heteroatoms. The molecule has 0 amide bonds. The minimum Gasteiger partial charge on any atom is -0.286 e. The molecule has 0 aliphatic heterocycles. The van der Waals surface area contributed by atoms with E-state index in [2.05, 4.69) is 10.3 Å². The number of halogens is 2. The zero-order valence-electron chi connectivity index (χ0n) is 10.4. The third kappa shape index (κ3) is 3.53. The number of rotatable bonds is 4. The van der Waals surface area contributed by atoms with Crippen LogP contribution in [0.2, 0.25) is 5.02 Å². The monoisotopic (exact) mass is 319 g/mol. The van der Waals surface area contributed by atoms with Gasteiger partial charge < -0.3 is 0 Å². The average Bonchev–Trinajstić information content (AvgIpc) is 2.79. The van der Waals surface area contributed by atoms with E-state index < -0.39 is 27.6 Å². The van der Waals surface area contributed by atoms with Gasteiger partial charge in [-0.3, -0.25) is 4.55 Å². The molecule has 2 rings (SSSR count). The van der Waals surface area contributed by atoms with Gasteiger partial charge in [0, 0.05) is 10.9 Å². The first-order valence-corrected chi connectivity index (χ1v) is 7.58. The third-order valence-electron chi connectivity index (χ3n) is 2.63. The predicted molar refractivity (Wildman–Crippen MR) is 71.2 cm³/mol. The van der Waals surface area contributed by atoms with Crippen molar-refractivity contribution in [1.29, 1.82) is 0 Å². The Balaban J connectivity index is 2.31. The molecule has 0 aliphatic rings. The van der Waals surface area contributed by atoms with Gasteiger partial charge in [0.05, 0.1) is 17.6 Å². The zero-order chi connectivity index (χ0) is 14.9. The summed E-state index contributed by atoms with van der Waals surface area (Å²) < 4.78 is 45.2. The molecule has 108 valence electrons. The van der Waals surface area contributed by atoms with Crippen molar-refractivity contribution in [3.63, 3.8) is 0 Å². The van der Waals surface area contributed by atoms with Crippen LogP contribution in [0, 0.1) is 5.82 Å². The van der Waals surface area contributed by atoms with Crippen LogP contribution in [0.1, 0.15) is 18.5 Å². The lowest BCUT2D eigenvalue weighted by atomic mass is 10.1. The summed E-state index contributed by atoms with van der Waals surface area (Å²) in [7, 11) is -4.11. The van der Waals surface area contributed by atoms with Gasteiger partial charge in [0.15, 0.2) is 0 Å². The Morgan fingerprint density at radius 3 is 2.85 bits per heavy atom. The van der Waals surface area contributed by atoms with Crippen molar-refractivity contribution in [3.05, 3.63) is 40.9 Å². The van der Waals surface area contributed by atoms with E-state index >= 15 is 0 Å². The Bertz CT molecular complexity index is 732. The van der Waals surface area contributed by atoms with Gasteiger partial charge in [-0.1, -0.05) is 23.7 Å². The Morgan fingerprint density at radius 1 is 1.50 bits per heavy atom. The Labute approximate surface area is 119 Å². The lowest BCUT2D eigenvalue weighted by Gasteiger charge is -2.04. The topological polar surface area (TPSA) is 85.1 Å². The largest absolute Gasteiger partial charge is 0.286 e. The van der Waals surface area contributed by atoms with Gasteiger partial charge in [-0.05, 0) is 18.2 Å². The molecule has 20 heavy (non-hydrogen) atoms. The summed E-state index contributed by atoms with van der Waals surface area (Å²) in [4.78, 5) is 0. The van der Waals surface area contributed by atoms with Crippen molar-refractivity contribution >= 4 is 21.7 Å². The summed E-state index contributed by atoms with van der Waals surface area (Å²) in [6.45, 7) is 1.57. The molecule has 1 aromatic heterocycles. The molecule has 0 spiro atoms. The number of benzene rings is 1. The highest BCUT2D eigenvalue weighted by Gasteiger charge is 2.18. The van der Waals surface area contributed by atoms with Crippen LogP contribution in [0.4, 0.5) is 4.39 Å². The van der Waals surface area contributed by atoms with Gasteiger partial charge in [0.1, 0.15) is 11.5 Å². The third-order valence-corrected chi connectivity index (χ3v) is 3.79. The Hall–Kier alpha value is -1.51. The second kappa shape index (κ2) is 5.47. The van der Waals surface area contributed by atoms with Crippen LogP contribution in [0.5, 0.6) is 0 Å². The normalized spacial score (nSPS) is 13.4. The fraction of sp³-hybridized carbons (Fsp3) is 0.273. The molecular weight excluding hydrogens is 309 g/mol. The predicted octanol–water partition coefficient (Wildman–Crippen LogP) is 2.05. The minimum atomic E-state index is -4.11. The summed E-state index contributed by atoms with van der Waals surface area (Å²) >= 11 is 5.78. The van der Waals surface area contributed by atoms with E-state index in [1.165, 1.54) is 24.4 Å². The van der Waals surface area contributed by atoms with Gasteiger partial charge in [-0.15, -0.1) is 5.10 Å². The van der Waals surface area contributed by atoms with Gasteiger partial charge in [-0.25, -0.2) is 9.07 Å². The molecule has 0 aliphatic carbocycles. The van der Waals surface area contributed by atoms with Crippen molar-refractivity contribution < 1.29 is 17.4 Å². The highest BCUT2D eigenvalue weighted by Crippen LogP contribution is 2.20. The van der Waals surface area contributed by atoms with E-state index in [1.54, 1.807) is 6.92 Å². The Morgan fingerprint density at radius 2 is 2.20 bits per heavy atom. The molecule has 6 nitrogen and oxygen atoms in total. The lowest BCUT2D eigenvalue weighted by molar-refractivity contribution is 0.478. The molecular formula is C11H11ClFN3O3S. The van der Waals surface area contributed by atoms with Crippen molar-refractivity contribution in [3.8, 4) is 5.69 Å². The van der Waals surface area contributed by atoms with E-state index in [1.807, 2.05) is 0 Å². The van der Waals surface area contributed by atoms with Crippen LogP contribution in [-0.2, 0) is 10.1 Å². The molecule has 1 unspecified atom stereocenters. The van der Waals surface area contributed by atoms with E-state index in [0.717, 1.165) is 4.68 Å². The van der Waals surface area contributed by atoms with E-state index in [0.29, 0.717) is 10.7 Å². The van der Waals surface area contributed by atoms with E-state index in [-0.39, 0.29) is 5.69 Å². The lowest BCUT2D eigenvalue weighted by Crippen LogP contribution is -2.11. The van der Waals surface area contributed by atoms with E-state index in [9.17, 15) is 12.8 Å². The molecule has 2 aromatic rings. The molecule has 1 aromatic carbocycles. The maximum atomic E-state index is 13.7. The quantitative estimate of drug-likeness (QED) is 0.872. The standard InChI is InChI=1S/C11H11ClFN3O3S/c1-7(6-20(17,18)19)10-5-16(15-14-10)11-4-8(12)2-3-9(11)13/h2-5,7H,6H2,1H3,(H,17,18,19). The number of hydrogen-bond donors (Lipinski definition) is 1. The van der Waals surface area contributed by atoms with Crippen LogP contribution < -0.4 is 0 Å². The first kappa shape index (κ1) is 14.9. The molecule has 0 fully saturated rings. The zero-order valence-corrected chi connectivity index (χ0v) is 11.9. The number of aromatic nitrogens is 3. The smallest absolute Gasteiger partial charge is 0.265 e. The molecule has 0 saturated carbocycles. The van der Waals surface area contributed by atoms with Gasteiger partial charge in [0.2, 0.25) is 0 Å². The summed E-state index contributed by atoms with van der Waals surface area (Å²) in [6.07, 6.45) is 1.39. The average molecular weight is 320 g/mol. The van der Waals surface area contributed by atoms with Crippen LogP contribution in [-0.4, -0.2) is 33.7 Å². The maximum Gasteiger partial charge on any atom is 0.265 e. The van der Waals surface area contributed by atoms with Crippen LogP contribution in [0.25, 0.3) is 5.69 Å². The molecule has 0 bridgehead atoms. The summed E-state index contributed by atoms with van der Waals surface area (Å²) in [5.41, 5.74) is 0.428. The van der Waals surface area contributed by atoms with Gasteiger partial charge in [0.25, 0.3) is 10.1 Å². The molecule has 1 N–H and O–H groups in total. The maximum absolute atomic E-state index is 13.7. The molecule has 0 saturated heterocycles. The van der Waals surface area contributed by atoms with Crippen LogP contribution in [0.3, 0.4) is 0 Å². The van der Waals surface area contributed by atoms with Crippen molar-refractivity contribution in [2.24, 2.45) is 0 Å². The van der Waals surface area contributed by atoms with Gasteiger partial charge in [-0.2, -0.15) is 8.42 Å². The summed E-state index contributed by atoms with van der Waals surface area (Å²) in [5, 5.41) is 7.84. The van der Waals surface area contributed by atoms with Crippen molar-refractivity contribution in [2.45, 2.75) is 12.8 Å². The fourth-order valence-electron chi connectivity index (χ4n) is 1.68. The summed E-state index contributed by atoms with van der Waals surface area (Å²) in [5.74, 6) is -1.58. The molecule has 1 atom stereocenters. The van der Waals surface area contributed by atoms with Crippen LogP contribution in [0.15, 0.2) is 24.4 Å². The minimum absolute atomic E-state index is 0.107. The van der Waals surface area contributed by atoms with Crippen molar-refractivity contribution in [1.82, 2.24) is 15.0 Å². The first-order chi connectivity index (χ1) is 9.26. The first-order valence-electron chi connectivity index (χ1n) is 5.59. The second-order valence-corrected chi connectivity index (χ2v) is 6.27. The van der Waals surface area contributed by atoms with Crippen molar-refractivity contribution in [2.75, 3.05) is 5.75 Å². The second-order valence-electron chi connectivity index (χ2n) is 4.33. The highest BCUT2D eigenvalue weighted by molar-refractivity contribution is 7.85. The molecule has 1 heterocycles. The molecule has 0 radical (unpaired) electrons. The SMILES string of the molecule is CC(CS(=O)(=O)O)c1cn(-c2cc(Cl)ccc2F)nn1. The van der Waals surface area contributed by atoms with Crippen LogP contribution >= 0.6 is 11.6 Å². The van der Waals surface area contributed by atoms with E-state index in [4.69, 9.17) is 16.2 Å². The van der Waals surface area contributed by atoms with Gasteiger partial charge >= 0.3 is 0 Å². The number of nitrogens with zero attached hydrogens (tertiary/aromatic N) is 3. The fourth-order valence-corrected chi connectivity index (χ4v) is 2.65. The Kier molecular flexibility index (Phi) is 4.07. The highest BCUT2D eigenvalue weighted by atomic mass is 35.5. The summed E-state index contributed by atoms with van der Waals surface area (Å²) in [6, 6.07) is 3.97. The number of hydrogen-bond acceptors (Lipinski definition) is 4.